The number of nitrogens with zero attached hydrogens (tertiary/aromatic N) is 1. The molecule has 1 aromatic carbocycles. The van der Waals surface area contributed by atoms with Crippen LogP contribution >= 0.6 is 0 Å². The van der Waals surface area contributed by atoms with Gasteiger partial charge in [-0.2, -0.15) is 0 Å². The van der Waals surface area contributed by atoms with E-state index in [4.69, 9.17) is 9.47 Å². The topological polar surface area (TPSA) is 41.9 Å². The predicted octanol–water partition coefficient (Wildman–Crippen LogP) is 1.24. The smallest absolute Gasteiger partial charge is 0.123 e. The van der Waals surface area contributed by atoms with Crippen molar-refractivity contribution in [2.24, 2.45) is 0 Å². The number of ether oxygens (including phenoxy) is 2. The Hall–Kier alpha value is -1.10. The van der Waals surface area contributed by atoms with Gasteiger partial charge >= 0.3 is 0 Å². The van der Waals surface area contributed by atoms with Crippen LogP contribution in [0.15, 0.2) is 18.2 Å². The monoisotopic (exact) mass is 265 g/mol. The molecule has 1 aliphatic heterocycles. The van der Waals surface area contributed by atoms with Gasteiger partial charge < -0.3 is 19.5 Å². The van der Waals surface area contributed by atoms with Crippen molar-refractivity contribution in [3.05, 3.63) is 29.3 Å². The largest absolute Gasteiger partial charge is 0.488 e. The van der Waals surface area contributed by atoms with Crippen molar-refractivity contribution in [2.75, 3.05) is 33.9 Å². The minimum atomic E-state index is -0.443. The van der Waals surface area contributed by atoms with E-state index in [0.29, 0.717) is 13.2 Å². The highest BCUT2D eigenvalue weighted by molar-refractivity contribution is 5.40. The van der Waals surface area contributed by atoms with Crippen molar-refractivity contribution in [3.63, 3.8) is 0 Å². The molecule has 0 fully saturated rings. The van der Waals surface area contributed by atoms with Crippen molar-refractivity contribution in [3.8, 4) is 5.75 Å². The van der Waals surface area contributed by atoms with Gasteiger partial charge in [-0.15, -0.1) is 0 Å². The Labute approximate surface area is 114 Å². The van der Waals surface area contributed by atoms with Crippen molar-refractivity contribution < 1.29 is 14.6 Å². The lowest BCUT2D eigenvalue weighted by molar-refractivity contribution is 0.0363. The third-order valence-electron chi connectivity index (χ3n) is 3.35. The minimum absolute atomic E-state index is 0.177. The van der Waals surface area contributed by atoms with Crippen LogP contribution in [-0.4, -0.2) is 56.1 Å². The third-order valence-corrected chi connectivity index (χ3v) is 3.35. The second-order valence-corrected chi connectivity index (χ2v) is 5.39. The number of likely N-dealkylation sites (N-methyl/N-ethyl adjacent to an activating group) is 1. The zero-order valence-electron chi connectivity index (χ0n) is 11.9. The Balaban J connectivity index is 1.83. The van der Waals surface area contributed by atoms with Crippen LogP contribution in [0.1, 0.15) is 11.1 Å². The van der Waals surface area contributed by atoms with E-state index in [0.717, 1.165) is 18.7 Å². The van der Waals surface area contributed by atoms with E-state index in [9.17, 15) is 5.11 Å². The van der Waals surface area contributed by atoms with Gasteiger partial charge in [0.1, 0.15) is 11.9 Å². The van der Waals surface area contributed by atoms with Gasteiger partial charge in [0, 0.05) is 26.6 Å². The maximum absolute atomic E-state index is 9.70. The number of methoxy groups -OCH3 is 1. The molecule has 2 atom stereocenters. The van der Waals surface area contributed by atoms with E-state index >= 15 is 0 Å². The van der Waals surface area contributed by atoms with Crippen molar-refractivity contribution >= 4 is 0 Å². The van der Waals surface area contributed by atoms with Crippen LogP contribution in [0.25, 0.3) is 0 Å². The molecule has 0 aliphatic carbocycles. The molecule has 0 saturated heterocycles. The Morgan fingerprint density at radius 1 is 1.53 bits per heavy atom. The molecule has 2 unspecified atom stereocenters. The lowest BCUT2D eigenvalue weighted by Gasteiger charge is -2.23. The number of fused-ring (bicyclic) bond motifs is 1. The zero-order valence-corrected chi connectivity index (χ0v) is 11.9. The first kappa shape index (κ1) is 14.3. The molecule has 2 rings (SSSR count). The lowest BCUT2D eigenvalue weighted by Crippen LogP contribution is -2.38. The summed E-state index contributed by atoms with van der Waals surface area (Å²) in [5.41, 5.74) is 2.56. The molecular formula is C15H23NO3. The summed E-state index contributed by atoms with van der Waals surface area (Å²) in [6.07, 6.45) is 0.680. The molecule has 0 bridgehead atoms. The molecule has 0 aromatic heterocycles. The first-order chi connectivity index (χ1) is 9.08. The maximum Gasteiger partial charge on any atom is 0.123 e. The van der Waals surface area contributed by atoms with Gasteiger partial charge in [-0.1, -0.05) is 17.7 Å². The number of aliphatic hydroxyl groups is 1. The third kappa shape index (κ3) is 3.93. The molecule has 1 heterocycles. The van der Waals surface area contributed by atoms with E-state index in [-0.39, 0.29) is 6.10 Å². The van der Waals surface area contributed by atoms with Crippen LogP contribution in [0.4, 0.5) is 0 Å². The van der Waals surface area contributed by atoms with Crippen LogP contribution in [0.2, 0.25) is 0 Å². The Kier molecular flexibility index (Phi) is 4.80. The molecule has 1 N–H and O–H groups in total. The molecule has 4 heteroatoms. The van der Waals surface area contributed by atoms with Crippen LogP contribution in [0.3, 0.4) is 0 Å². The highest BCUT2D eigenvalue weighted by atomic mass is 16.5. The highest BCUT2D eigenvalue weighted by Gasteiger charge is 2.24. The average molecular weight is 265 g/mol. The SMILES string of the molecule is COCC(O)CN(C)CC1Cc2cc(C)ccc2O1. The van der Waals surface area contributed by atoms with Crippen molar-refractivity contribution in [1.29, 1.82) is 0 Å². The Morgan fingerprint density at radius 2 is 2.32 bits per heavy atom. The molecule has 19 heavy (non-hydrogen) atoms. The van der Waals surface area contributed by atoms with Crippen LogP contribution < -0.4 is 4.74 Å². The Morgan fingerprint density at radius 3 is 3.05 bits per heavy atom. The number of aliphatic hydroxyl groups excluding tert-OH is 1. The second-order valence-electron chi connectivity index (χ2n) is 5.39. The van der Waals surface area contributed by atoms with E-state index < -0.39 is 6.10 Å². The van der Waals surface area contributed by atoms with Crippen LogP contribution in [-0.2, 0) is 11.2 Å². The van der Waals surface area contributed by atoms with Crippen molar-refractivity contribution in [2.45, 2.75) is 25.6 Å². The van der Waals surface area contributed by atoms with E-state index in [1.54, 1.807) is 7.11 Å². The molecule has 0 amide bonds. The van der Waals surface area contributed by atoms with Gasteiger partial charge in [0.25, 0.3) is 0 Å². The van der Waals surface area contributed by atoms with Gasteiger partial charge in [0.05, 0.1) is 12.7 Å². The predicted molar refractivity (Wildman–Crippen MR) is 74.7 cm³/mol. The summed E-state index contributed by atoms with van der Waals surface area (Å²) in [5.74, 6) is 1.00. The van der Waals surface area contributed by atoms with E-state index in [2.05, 4.69) is 24.0 Å². The lowest BCUT2D eigenvalue weighted by atomic mass is 10.1. The summed E-state index contributed by atoms with van der Waals surface area (Å²) in [5, 5.41) is 9.70. The van der Waals surface area contributed by atoms with Crippen LogP contribution in [0, 0.1) is 6.92 Å². The fourth-order valence-corrected chi connectivity index (χ4v) is 2.58. The second kappa shape index (κ2) is 6.37. The number of benzene rings is 1. The highest BCUT2D eigenvalue weighted by Crippen LogP contribution is 2.29. The van der Waals surface area contributed by atoms with Gasteiger partial charge in [-0.3, -0.25) is 0 Å². The normalized spacial score (nSPS) is 19.3. The molecule has 1 aliphatic rings. The first-order valence-corrected chi connectivity index (χ1v) is 6.70. The summed E-state index contributed by atoms with van der Waals surface area (Å²) >= 11 is 0. The van der Waals surface area contributed by atoms with Gasteiger partial charge in [-0.05, 0) is 25.6 Å². The van der Waals surface area contributed by atoms with Gasteiger partial charge in [0.15, 0.2) is 0 Å². The molecule has 0 spiro atoms. The summed E-state index contributed by atoms with van der Waals surface area (Å²) in [6, 6.07) is 6.31. The van der Waals surface area contributed by atoms with Crippen LogP contribution in [0.5, 0.6) is 5.75 Å². The summed E-state index contributed by atoms with van der Waals surface area (Å²) in [4.78, 5) is 2.09. The summed E-state index contributed by atoms with van der Waals surface area (Å²) in [6.45, 7) is 3.88. The number of hydrogen-bond acceptors (Lipinski definition) is 4. The fraction of sp³-hybridized carbons (Fsp3) is 0.600. The van der Waals surface area contributed by atoms with Gasteiger partial charge in [-0.25, -0.2) is 0 Å². The molecule has 0 radical (unpaired) electrons. The summed E-state index contributed by atoms with van der Waals surface area (Å²) < 4.78 is 10.8. The van der Waals surface area contributed by atoms with Gasteiger partial charge in [0.2, 0.25) is 0 Å². The summed E-state index contributed by atoms with van der Waals surface area (Å²) in [7, 11) is 3.60. The minimum Gasteiger partial charge on any atom is -0.488 e. The quantitative estimate of drug-likeness (QED) is 0.840. The standard InChI is InChI=1S/C15H23NO3/c1-11-4-5-15-12(6-11)7-14(19-15)9-16(2)8-13(17)10-18-3/h4-6,13-14,17H,7-10H2,1-3H3. The number of hydrogen-bond donors (Lipinski definition) is 1. The number of aryl methyl sites for hydroxylation is 1. The Bertz CT molecular complexity index is 422. The fourth-order valence-electron chi connectivity index (χ4n) is 2.58. The zero-order chi connectivity index (χ0) is 13.8. The molecular weight excluding hydrogens is 242 g/mol. The van der Waals surface area contributed by atoms with Crippen molar-refractivity contribution in [1.82, 2.24) is 4.90 Å². The average Bonchev–Trinajstić information content (AvgIpc) is 2.70. The van der Waals surface area contributed by atoms with E-state index in [1.807, 2.05) is 13.1 Å². The number of rotatable bonds is 6. The molecule has 0 saturated carbocycles. The van der Waals surface area contributed by atoms with E-state index in [1.165, 1.54) is 11.1 Å². The molecule has 4 nitrogen and oxygen atoms in total. The molecule has 106 valence electrons. The molecule has 1 aromatic rings. The maximum atomic E-state index is 9.70. The first-order valence-electron chi connectivity index (χ1n) is 6.70.